The number of ether oxygens (including phenoxy) is 3. The van der Waals surface area contributed by atoms with Gasteiger partial charge >= 0.3 is 5.97 Å². The molecular formula is C14H19NO4. The van der Waals surface area contributed by atoms with Crippen LogP contribution in [0.25, 0.3) is 0 Å². The summed E-state index contributed by atoms with van der Waals surface area (Å²) in [6, 6.07) is 5.76. The summed E-state index contributed by atoms with van der Waals surface area (Å²) in [6.07, 6.45) is 0.760. The van der Waals surface area contributed by atoms with Crippen LogP contribution in [0.3, 0.4) is 0 Å². The number of rotatable bonds is 5. The van der Waals surface area contributed by atoms with Gasteiger partial charge in [-0.15, -0.1) is 0 Å². The molecule has 1 aliphatic rings. The first-order chi connectivity index (χ1) is 9.17. The molecule has 2 rings (SSSR count). The van der Waals surface area contributed by atoms with Crippen LogP contribution in [0.15, 0.2) is 18.2 Å². The van der Waals surface area contributed by atoms with E-state index in [-0.39, 0.29) is 24.5 Å². The van der Waals surface area contributed by atoms with Gasteiger partial charge in [0.2, 0.25) is 0 Å². The van der Waals surface area contributed by atoms with E-state index in [2.05, 4.69) is 4.74 Å². The Morgan fingerprint density at radius 1 is 1.42 bits per heavy atom. The van der Waals surface area contributed by atoms with Gasteiger partial charge in [0, 0.05) is 11.6 Å². The van der Waals surface area contributed by atoms with E-state index in [0.29, 0.717) is 6.61 Å². The van der Waals surface area contributed by atoms with Crippen molar-refractivity contribution in [2.75, 3.05) is 20.8 Å². The van der Waals surface area contributed by atoms with Gasteiger partial charge in [0.1, 0.15) is 11.9 Å². The summed E-state index contributed by atoms with van der Waals surface area (Å²) < 4.78 is 15.7. The van der Waals surface area contributed by atoms with Crippen LogP contribution in [0.2, 0.25) is 0 Å². The Kier molecular flexibility index (Phi) is 4.39. The predicted octanol–water partition coefficient (Wildman–Crippen LogP) is 1.20. The van der Waals surface area contributed by atoms with E-state index in [1.165, 1.54) is 7.11 Å². The van der Waals surface area contributed by atoms with E-state index >= 15 is 0 Å². The molecule has 19 heavy (non-hydrogen) atoms. The summed E-state index contributed by atoms with van der Waals surface area (Å²) in [6.45, 7) is 0.294. The minimum atomic E-state index is -0.285. The Bertz CT molecular complexity index is 461. The summed E-state index contributed by atoms with van der Waals surface area (Å²) in [5.41, 5.74) is 8.26. The lowest BCUT2D eigenvalue weighted by molar-refractivity contribution is -0.142. The third kappa shape index (κ3) is 2.88. The summed E-state index contributed by atoms with van der Waals surface area (Å²) in [4.78, 5) is 11.1. The second-order valence-electron chi connectivity index (χ2n) is 4.52. The zero-order valence-corrected chi connectivity index (χ0v) is 11.2. The molecule has 0 fully saturated rings. The molecule has 5 heteroatoms. The highest BCUT2D eigenvalue weighted by atomic mass is 16.5. The van der Waals surface area contributed by atoms with Crippen LogP contribution in [0, 0.1) is 0 Å². The van der Waals surface area contributed by atoms with E-state index in [9.17, 15) is 4.79 Å². The Hall–Kier alpha value is -1.59. The molecule has 1 aliphatic carbocycles. The summed E-state index contributed by atoms with van der Waals surface area (Å²) in [7, 11) is 2.99. The van der Waals surface area contributed by atoms with Crippen molar-refractivity contribution >= 4 is 5.97 Å². The first-order valence-corrected chi connectivity index (χ1v) is 6.27. The molecule has 2 unspecified atom stereocenters. The van der Waals surface area contributed by atoms with E-state index in [4.69, 9.17) is 15.2 Å². The fourth-order valence-corrected chi connectivity index (χ4v) is 2.42. The van der Waals surface area contributed by atoms with Crippen molar-refractivity contribution in [1.29, 1.82) is 0 Å². The van der Waals surface area contributed by atoms with Gasteiger partial charge in [0.15, 0.2) is 0 Å². The van der Waals surface area contributed by atoms with Crippen LogP contribution in [-0.2, 0) is 20.7 Å². The van der Waals surface area contributed by atoms with Gasteiger partial charge in [-0.3, -0.25) is 4.79 Å². The molecule has 0 aromatic heterocycles. The summed E-state index contributed by atoms with van der Waals surface area (Å²) in [5.74, 6) is 0.500. The van der Waals surface area contributed by atoms with Gasteiger partial charge < -0.3 is 19.9 Å². The molecule has 0 saturated carbocycles. The van der Waals surface area contributed by atoms with Crippen LogP contribution < -0.4 is 10.5 Å². The zero-order chi connectivity index (χ0) is 13.8. The maximum absolute atomic E-state index is 11.1. The smallest absolute Gasteiger partial charge is 0.307 e. The van der Waals surface area contributed by atoms with Gasteiger partial charge in [-0.25, -0.2) is 0 Å². The molecule has 5 nitrogen and oxygen atoms in total. The van der Waals surface area contributed by atoms with E-state index in [0.717, 1.165) is 23.3 Å². The van der Waals surface area contributed by atoms with Crippen molar-refractivity contribution in [3.05, 3.63) is 29.3 Å². The molecule has 1 aromatic carbocycles. The Morgan fingerprint density at radius 2 is 2.21 bits per heavy atom. The molecule has 2 N–H and O–H groups in total. The lowest BCUT2D eigenvalue weighted by Crippen LogP contribution is -2.27. The molecule has 0 saturated heterocycles. The van der Waals surface area contributed by atoms with Crippen LogP contribution in [0.1, 0.15) is 23.7 Å². The number of hydrogen-bond acceptors (Lipinski definition) is 5. The lowest BCUT2D eigenvalue weighted by Gasteiger charge is -2.19. The molecule has 1 aromatic rings. The molecule has 104 valence electrons. The van der Waals surface area contributed by atoms with Crippen LogP contribution in [0.5, 0.6) is 5.75 Å². The number of methoxy groups -OCH3 is 2. The standard InChI is InChI=1S/C14H19NO4/c1-17-11-5-3-4-9-8-10(15)14(13(9)11)19-7-6-12(16)18-2/h3-5,10,14H,6-8,15H2,1-2H3. The SMILES string of the molecule is COC(=O)CCOC1c2c(cccc2OC)CC1N. The van der Waals surface area contributed by atoms with Gasteiger partial charge in [0.25, 0.3) is 0 Å². The van der Waals surface area contributed by atoms with Crippen LogP contribution in [0.4, 0.5) is 0 Å². The van der Waals surface area contributed by atoms with Gasteiger partial charge in [-0.2, -0.15) is 0 Å². The quantitative estimate of drug-likeness (QED) is 0.810. The summed E-state index contributed by atoms with van der Waals surface area (Å²) in [5, 5.41) is 0. The average Bonchev–Trinajstić information content (AvgIpc) is 2.74. The number of carbonyl (C=O) groups is 1. The topological polar surface area (TPSA) is 70.8 Å². The van der Waals surface area contributed by atoms with Crippen molar-refractivity contribution in [2.45, 2.75) is 25.0 Å². The van der Waals surface area contributed by atoms with E-state index in [1.54, 1.807) is 7.11 Å². The molecule has 0 heterocycles. The zero-order valence-electron chi connectivity index (χ0n) is 11.2. The Balaban J connectivity index is 2.08. The number of carbonyl (C=O) groups excluding carboxylic acids is 1. The van der Waals surface area contributed by atoms with Crippen molar-refractivity contribution in [3.8, 4) is 5.75 Å². The molecule has 0 radical (unpaired) electrons. The molecule has 0 aliphatic heterocycles. The number of benzene rings is 1. The van der Waals surface area contributed by atoms with Crippen molar-refractivity contribution < 1.29 is 19.0 Å². The number of nitrogens with two attached hydrogens (primary N) is 1. The van der Waals surface area contributed by atoms with Gasteiger partial charge in [-0.1, -0.05) is 12.1 Å². The fraction of sp³-hybridized carbons (Fsp3) is 0.500. The number of esters is 1. The first kappa shape index (κ1) is 13.8. The summed E-state index contributed by atoms with van der Waals surface area (Å²) >= 11 is 0. The minimum Gasteiger partial charge on any atom is -0.496 e. The maximum Gasteiger partial charge on any atom is 0.307 e. The van der Waals surface area contributed by atoms with Crippen LogP contribution in [-0.4, -0.2) is 32.8 Å². The minimum absolute atomic E-state index is 0.107. The predicted molar refractivity (Wildman–Crippen MR) is 70.0 cm³/mol. The molecular weight excluding hydrogens is 246 g/mol. The second kappa shape index (κ2) is 6.04. The highest BCUT2D eigenvalue weighted by Crippen LogP contribution is 2.39. The van der Waals surface area contributed by atoms with E-state index < -0.39 is 0 Å². The number of hydrogen-bond donors (Lipinski definition) is 1. The fourth-order valence-electron chi connectivity index (χ4n) is 2.42. The maximum atomic E-state index is 11.1. The lowest BCUT2D eigenvalue weighted by atomic mass is 10.1. The Labute approximate surface area is 112 Å². The molecule has 0 spiro atoms. The largest absolute Gasteiger partial charge is 0.496 e. The monoisotopic (exact) mass is 265 g/mol. The van der Waals surface area contributed by atoms with Gasteiger partial charge in [0.05, 0.1) is 27.2 Å². The van der Waals surface area contributed by atoms with Crippen molar-refractivity contribution in [2.24, 2.45) is 5.73 Å². The number of fused-ring (bicyclic) bond motifs is 1. The molecule has 2 atom stereocenters. The molecule has 0 bridgehead atoms. The highest BCUT2D eigenvalue weighted by Gasteiger charge is 2.33. The second-order valence-corrected chi connectivity index (χ2v) is 4.52. The highest BCUT2D eigenvalue weighted by molar-refractivity contribution is 5.69. The van der Waals surface area contributed by atoms with Crippen LogP contribution >= 0.6 is 0 Å². The van der Waals surface area contributed by atoms with Crippen molar-refractivity contribution in [3.63, 3.8) is 0 Å². The van der Waals surface area contributed by atoms with E-state index in [1.807, 2.05) is 18.2 Å². The third-order valence-electron chi connectivity index (χ3n) is 3.34. The molecule has 0 amide bonds. The third-order valence-corrected chi connectivity index (χ3v) is 3.34. The average molecular weight is 265 g/mol. The Morgan fingerprint density at radius 3 is 2.89 bits per heavy atom. The normalized spacial score (nSPS) is 21.0. The van der Waals surface area contributed by atoms with Gasteiger partial charge in [-0.05, 0) is 18.1 Å². The first-order valence-electron chi connectivity index (χ1n) is 6.27. The van der Waals surface area contributed by atoms with Crippen molar-refractivity contribution in [1.82, 2.24) is 0 Å².